The molecule has 2 N–H and O–H groups in total. The summed E-state index contributed by atoms with van der Waals surface area (Å²) in [4.78, 5) is 13.9. The molecule has 0 atom stereocenters. The number of nitrogens with one attached hydrogen (secondary N) is 1. The van der Waals surface area contributed by atoms with Crippen LogP contribution in [0.4, 0.5) is 4.39 Å². The second-order valence-corrected chi connectivity index (χ2v) is 5.29. The Morgan fingerprint density at radius 2 is 1.78 bits per heavy atom. The normalized spacial score (nSPS) is 10.7. The molecule has 0 bridgehead atoms. The smallest absolute Gasteiger partial charge is 0.234 e. The van der Waals surface area contributed by atoms with Crippen molar-refractivity contribution < 1.29 is 14.3 Å². The number of benzene rings is 2. The molecule has 0 saturated carbocycles. The molecule has 122 valence electrons. The minimum absolute atomic E-state index is 0.0204. The van der Waals surface area contributed by atoms with Gasteiger partial charge in [-0.2, -0.15) is 0 Å². The number of hydrogen-bond donors (Lipinski definition) is 2. The van der Waals surface area contributed by atoms with Gasteiger partial charge in [0.15, 0.2) is 0 Å². The molecule has 5 heteroatoms. The summed E-state index contributed by atoms with van der Waals surface area (Å²) >= 11 is 0. The predicted octanol–water partition coefficient (Wildman–Crippen LogP) is 1.94. The van der Waals surface area contributed by atoms with Crippen molar-refractivity contribution in [1.29, 1.82) is 0 Å². The van der Waals surface area contributed by atoms with Crippen LogP contribution in [0.2, 0.25) is 0 Å². The molecule has 0 radical (unpaired) electrons. The number of carbonyl (C=O) groups is 1. The Hall–Kier alpha value is -2.24. The molecule has 0 spiro atoms. The van der Waals surface area contributed by atoms with Gasteiger partial charge in [0.1, 0.15) is 5.82 Å². The summed E-state index contributed by atoms with van der Waals surface area (Å²) in [7, 11) is 0. The summed E-state index contributed by atoms with van der Waals surface area (Å²) in [5, 5.41) is 11.9. The highest BCUT2D eigenvalue weighted by molar-refractivity contribution is 5.78. The summed E-state index contributed by atoms with van der Waals surface area (Å²) in [6, 6.07) is 16.1. The lowest BCUT2D eigenvalue weighted by molar-refractivity contribution is -0.122. The zero-order valence-electron chi connectivity index (χ0n) is 12.9. The van der Waals surface area contributed by atoms with Gasteiger partial charge in [-0.1, -0.05) is 48.5 Å². The van der Waals surface area contributed by atoms with Crippen LogP contribution in [-0.2, 0) is 17.9 Å². The van der Waals surface area contributed by atoms with Gasteiger partial charge < -0.3 is 10.4 Å². The molecule has 0 aliphatic heterocycles. The maximum Gasteiger partial charge on any atom is 0.234 e. The lowest BCUT2D eigenvalue weighted by Gasteiger charge is -2.21. The van der Waals surface area contributed by atoms with Gasteiger partial charge in [-0.05, 0) is 11.6 Å². The standard InChI is InChI=1S/C18H21FN2O2/c19-17-9-5-4-8-16(17)12-20-18(23)14-21(10-11-22)13-15-6-2-1-3-7-15/h1-9,22H,10-14H2,(H,20,23). The van der Waals surface area contributed by atoms with E-state index in [2.05, 4.69) is 5.32 Å². The summed E-state index contributed by atoms with van der Waals surface area (Å²) in [5.41, 5.74) is 1.53. The average Bonchev–Trinajstić information content (AvgIpc) is 2.55. The van der Waals surface area contributed by atoms with Gasteiger partial charge in [-0.3, -0.25) is 9.69 Å². The van der Waals surface area contributed by atoms with E-state index in [1.54, 1.807) is 18.2 Å². The van der Waals surface area contributed by atoms with E-state index in [1.165, 1.54) is 6.07 Å². The minimum atomic E-state index is -0.329. The van der Waals surface area contributed by atoms with Crippen LogP contribution >= 0.6 is 0 Å². The predicted molar refractivity (Wildman–Crippen MR) is 87.1 cm³/mol. The molecule has 0 aliphatic rings. The zero-order chi connectivity index (χ0) is 16.5. The zero-order valence-corrected chi connectivity index (χ0v) is 12.9. The number of rotatable bonds is 8. The molecule has 4 nitrogen and oxygen atoms in total. The molecule has 0 unspecified atom stereocenters. The van der Waals surface area contributed by atoms with Crippen molar-refractivity contribution in [1.82, 2.24) is 10.2 Å². The van der Waals surface area contributed by atoms with Crippen LogP contribution in [0.1, 0.15) is 11.1 Å². The summed E-state index contributed by atoms with van der Waals surface area (Å²) in [6.07, 6.45) is 0. The van der Waals surface area contributed by atoms with Crippen LogP contribution in [0.5, 0.6) is 0 Å². The van der Waals surface area contributed by atoms with E-state index in [0.717, 1.165) is 5.56 Å². The van der Waals surface area contributed by atoms with Crippen LogP contribution < -0.4 is 5.32 Å². The third-order valence-corrected chi connectivity index (χ3v) is 3.47. The Morgan fingerprint density at radius 3 is 2.48 bits per heavy atom. The number of amides is 1. The quantitative estimate of drug-likeness (QED) is 0.782. The summed E-state index contributed by atoms with van der Waals surface area (Å²) < 4.78 is 13.5. The van der Waals surface area contributed by atoms with Gasteiger partial charge in [0, 0.05) is 25.2 Å². The van der Waals surface area contributed by atoms with E-state index < -0.39 is 0 Å². The van der Waals surface area contributed by atoms with E-state index in [9.17, 15) is 9.18 Å². The lowest BCUT2D eigenvalue weighted by Crippen LogP contribution is -2.38. The Bertz CT molecular complexity index is 619. The van der Waals surface area contributed by atoms with Gasteiger partial charge in [0.05, 0.1) is 13.2 Å². The first-order valence-electron chi connectivity index (χ1n) is 7.56. The molecule has 2 aromatic rings. The summed E-state index contributed by atoms with van der Waals surface area (Å²) in [6.45, 7) is 1.28. The number of halogens is 1. The van der Waals surface area contributed by atoms with E-state index in [1.807, 2.05) is 35.2 Å². The van der Waals surface area contributed by atoms with Crippen LogP contribution in [0.15, 0.2) is 54.6 Å². The van der Waals surface area contributed by atoms with Crippen molar-refractivity contribution in [3.63, 3.8) is 0 Å². The fourth-order valence-electron chi connectivity index (χ4n) is 2.29. The Labute approximate surface area is 135 Å². The van der Waals surface area contributed by atoms with Gasteiger partial charge in [0.2, 0.25) is 5.91 Å². The molecule has 2 aromatic carbocycles. The first kappa shape index (κ1) is 17.1. The largest absolute Gasteiger partial charge is 0.395 e. The Morgan fingerprint density at radius 1 is 1.09 bits per heavy atom. The third kappa shape index (κ3) is 5.81. The maximum atomic E-state index is 13.5. The molecule has 1 amide bonds. The van der Waals surface area contributed by atoms with E-state index in [0.29, 0.717) is 18.7 Å². The number of nitrogens with zero attached hydrogens (tertiary/aromatic N) is 1. The van der Waals surface area contributed by atoms with E-state index in [4.69, 9.17) is 5.11 Å². The van der Waals surface area contributed by atoms with Crippen molar-refractivity contribution in [2.75, 3.05) is 19.7 Å². The fraction of sp³-hybridized carbons (Fsp3) is 0.278. The topological polar surface area (TPSA) is 52.6 Å². The Balaban J connectivity index is 1.86. The summed E-state index contributed by atoms with van der Waals surface area (Å²) in [5.74, 6) is -0.526. The molecule has 2 rings (SSSR count). The molecule has 0 heterocycles. The van der Waals surface area contributed by atoms with Crippen LogP contribution in [0.3, 0.4) is 0 Å². The van der Waals surface area contributed by atoms with Crippen LogP contribution in [0.25, 0.3) is 0 Å². The molecular formula is C18H21FN2O2. The average molecular weight is 316 g/mol. The highest BCUT2D eigenvalue weighted by Crippen LogP contribution is 2.06. The molecule has 0 aromatic heterocycles. The van der Waals surface area contributed by atoms with Gasteiger partial charge >= 0.3 is 0 Å². The van der Waals surface area contributed by atoms with Crippen molar-refractivity contribution in [2.24, 2.45) is 0 Å². The monoisotopic (exact) mass is 316 g/mol. The number of hydrogen-bond acceptors (Lipinski definition) is 3. The lowest BCUT2D eigenvalue weighted by atomic mass is 10.2. The number of aliphatic hydroxyl groups excluding tert-OH is 1. The van der Waals surface area contributed by atoms with Crippen LogP contribution in [0, 0.1) is 5.82 Å². The van der Waals surface area contributed by atoms with Gasteiger partial charge in [-0.15, -0.1) is 0 Å². The van der Waals surface area contributed by atoms with Crippen molar-refractivity contribution >= 4 is 5.91 Å². The first-order valence-corrected chi connectivity index (χ1v) is 7.56. The van der Waals surface area contributed by atoms with Crippen molar-refractivity contribution in [2.45, 2.75) is 13.1 Å². The van der Waals surface area contributed by atoms with Crippen LogP contribution in [-0.4, -0.2) is 35.6 Å². The Kier molecular flexibility index (Phi) is 6.72. The van der Waals surface area contributed by atoms with Crippen molar-refractivity contribution in [3.05, 3.63) is 71.5 Å². The minimum Gasteiger partial charge on any atom is -0.395 e. The third-order valence-electron chi connectivity index (χ3n) is 3.47. The SMILES string of the molecule is O=C(CN(CCO)Cc1ccccc1)NCc1ccccc1F. The molecule has 0 saturated heterocycles. The molecular weight excluding hydrogens is 295 g/mol. The number of aliphatic hydroxyl groups is 1. The highest BCUT2D eigenvalue weighted by Gasteiger charge is 2.11. The maximum absolute atomic E-state index is 13.5. The molecule has 23 heavy (non-hydrogen) atoms. The first-order chi connectivity index (χ1) is 11.2. The van der Waals surface area contributed by atoms with Gasteiger partial charge in [-0.25, -0.2) is 4.39 Å². The van der Waals surface area contributed by atoms with Crippen molar-refractivity contribution in [3.8, 4) is 0 Å². The second-order valence-electron chi connectivity index (χ2n) is 5.29. The van der Waals surface area contributed by atoms with E-state index in [-0.39, 0.29) is 31.4 Å². The van der Waals surface area contributed by atoms with E-state index >= 15 is 0 Å². The second kappa shape index (κ2) is 9.02. The molecule has 0 aliphatic carbocycles. The van der Waals surface area contributed by atoms with Gasteiger partial charge in [0.25, 0.3) is 0 Å². The highest BCUT2D eigenvalue weighted by atomic mass is 19.1. The molecule has 0 fully saturated rings. The fourth-order valence-corrected chi connectivity index (χ4v) is 2.29. The number of carbonyl (C=O) groups excluding carboxylic acids is 1.